The fraction of sp³-hybridized carbons (Fsp3) is 0.0625. The summed E-state index contributed by atoms with van der Waals surface area (Å²) < 4.78 is 19.2. The number of aromatic hydroxyl groups is 1. The van der Waals surface area contributed by atoms with Crippen LogP contribution in [0.1, 0.15) is 0 Å². The second kappa shape index (κ2) is 6.10. The standard InChI is InChI=1S/C16H11Cl2FN2O2/c1-23-14-7-12-8(6-13(14)22)10(4-5-20-12)21-11-3-2-9(17)15(18)16(11)19/h2-7,22H,1H3,(H,20,21). The number of hydrogen-bond donors (Lipinski definition) is 2. The molecule has 2 N–H and O–H groups in total. The van der Waals surface area contributed by atoms with Crippen molar-refractivity contribution in [1.82, 2.24) is 4.98 Å². The zero-order chi connectivity index (χ0) is 16.6. The summed E-state index contributed by atoms with van der Waals surface area (Å²) in [5, 5.41) is 13.5. The van der Waals surface area contributed by atoms with E-state index in [1.165, 1.54) is 25.3 Å². The number of halogens is 3. The molecule has 0 spiro atoms. The number of aromatic nitrogens is 1. The molecule has 23 heavy (non-hydrogen) atoms. The molecule has 0 aliphatic carbocycles. The van der Waals surface area contributed by atoms with Crippen molar-refractivity contribution in [3.8, 4) is 11.5 Å². The molecule has 0 atom stereocenters. The molecule has 0 fully saturated rings. The number of methoxy groups -OCH3 is 1. The van der Waals surface area contributed by atoms with Gasteiger partial charge in [-0.15, -0.1) is 0 Å². The van der Waals surface area contributed by atoms with Crippen molar-refractivity contribution < 1.29 is 14.2 Å². The van der Waals surface area contributed by atoms with Crippen LogP contribution in [0.15, 0.2) is 36.5 Å². The maximum absolute atomic E-state index is 14.2. The Kier molecular flexibility index (Phi) is 4.15. The summed E-state index contributed by atoms with van der Waals surface area (Å²) in [5.74, 6) is -0.379. The van der Waals surface area contributed by atoms with E-state index in [1.54, 1.807) is 18.3 Å². The predicted molar refractivity (Wildman–Crippen MR) is 89.7 cm³/mol. The van der Waals surface area contributed by atoms with E-state index >= 15 is 0 Å². The Morgan fingerprint density at radius 2 is 1.96 bits per heavy atom. The fourth-order valence-electron chi connectivity index (χ4n) is 2.20. The van der Waals surface area contributed by atoms with Crippen molar-refractivity contribution in [2.75, 3.05) is 12.4 Å². The maximum atomic E-state index is 14.2. The lowest BCUT2D eigenvalue weighted by molar-refractivity contribution is 0.374. The van der Waals surface area contributed by atoms with Crippen LogP contribution in [-0.4, -0.2) is 17.2 Å². The lowest BCUT2D eigenvalue weighted by Crippen LogP contribution is -1.97. The molecule has 2 aromatic carbocycles. The highest BCUT2D eigenvalue weighted by Crippen LogP contribution is 2.36. The van der Waals surface area contributed by atoms with Crippen molar-refractivity contribution in [3.63, 3.8) is 0 Å². The van der Waals surface area contributed by atoms with Crippen molar-refractivity contribution in [2.45, 2.75) is 0 Å². The van der Waals surface area contributed by atoms with Gasteiger partial charge in [0.05, 0.1) is 28.4 Å². The van der Waals surface area contributed by atoms with Crippen LogP contribution in [-0.2, 0) is 0 Å². The van der Waals surface area contributed by atoms with Gasteiger partial charge >= 0.3 is 0 Å². The van der Waals surface area contributed by atoms with Gasteiger partial charge in [-0.05, 0) is 24.3 Å². The van der Waals surface area contributed by atoms with E-state index in [9.17, 15) is 9.50 Å². The first-order valence-electron chi connectivity index (χ1n) is 6.57. The minimum atomic E-state index is -0.651. The van der Waals surface area contributed by atoms with Crippen LogP contribution in [0, 0.1) is 5.82 Å². The second-order valence-electron chi connectivity index (χ2n) is 4.75. The van der Waals surface area contributed by atoms with Crippen LogP contribution in [0.3, 0.4) is 0 Å². The monoisotopic (exact) mass is 352 g/mol. The number of nitrogens with one attached hydrogen (secondary N) is 1. The molecule has 1 aromatic heterocycles. The van der Waals surface area contributed by atoms with E-state index in [-0.39, 0.29) is 21.5 Å². The summed E-state index contributed by atoms with van der Waals surface area (Å²) >= 11 is 11.6. The number of benzene rings is 2. The summed E-state index contributed by atoms with van der Waals surface area (Å²) in [5.41, 5.74) is 1.32. The number of hydrogen-bond acceptors (Lipinski definition) is 4. The Bertz CT molecular complexity index is 903. The first-order valence-corrected chi connectivity index (χ1v) is 7.33. The zero-order valence-electron chi connectivity index (χ0n) is 11.9. The maximum Gasteiger partial charge on any atom is 0.166 e. The van der Waals surface area contributed by atoms with Gasteiger partial charge in [0, 0.05) is 23.3 Å². The minimum absolute atomic E-state index is 0.0364. The molecule has 3 rings (SSSR count). The molecular formula is C16H11Cl2FN2O2. The van der Waals surface area contributed by atoms with Crippen LogP contribution in [0.5, 0.6) is 11.5 Å². The smallest absolute Gasteiger partial charge is 0.166 e. The van der Waals surface area contributed by atoms with E-state index in [0.29, 0.717) is 22.3 Å². The molecular weight excluding hydrogens is 342 g/mol. The molecule has 0 saturated carbocycles. The molecule has 0 aliphatic heterocycles. The lowest BCUT2D eigenvalue weighted by Gasteiger charge is -2.12. The van der Waals surface area contributed by atoms with Gasteiger partial charge < -0.3 is 15.2 Å². The number of rotatable bonds is 3. The van der Waals surface area contributed by atoms with Crippen LogP contribution in [0.2, 0.25) is 10.0 Å². The molecule has 118 valence electrons. The average Bonchev–Trinajstić information content (AvgIpc) is 2.55. The third-order valence-electron chi connectivity index (χ3n) is 3.35. The van der Waals surface area contributed by atoms with Gasteiger partial charge in [-0.3, -0.25) is 4.98 Å². The predicted octanol–water partition coefficient (Wildman–Crippen LogP) is 5.14. The summed E-state index contributed by atoms with van der Waals surface area (Å²) in [7, 11) is 1.45. The van der Waals surface area contributed by atoms with Crippen LogP contribution in [0.4, 0.5) is 15.8 Å². The van der Waals surface area contributed by atoms with Gasteiger partial charge in [0.2, 0.25) is 0 Å². The second-order valence-corrected chi connectivity index (χ2v) is 5.53. The van der Waals surface area contributed by atoms with E-state index < -0.39 is 5.82 Å². The third-order valence-corrected chi connectivity index (χ3v) is 4.13. The molecule has 0 radical (unpaired) electrons. The van der Waals surface area contributed by atoms with Crippen molar-refractivity contribution in [1.29, 1.82) is 0 Å². The first kappa shape index (κ1) is 15.6. The van der Waals surface area contributed by atoms with Crippen molar-refractivity contribution >= 4 is 45.5 Å². The molecule has 1 heterocycles. The SMILES string of the molecule is COc1cc2nccc(Nc3ccc(Cl)c(Cl)c3F)c2cc1O. The summed E-state index contributed by atoms with van der Waals surface area (Å²) in [6.45, 7) is 0. The van der Waals surface area contributed by atoms with E-state index in [1.807, 2.05) is 0 Å². The van der Waals surface area contributed by atoms with Gasteiger partial charge in [-0.1, -0.05) is 23.2 Å². The van der Waals surface area contributed by atoms with Crippen molar-refractivity contribution in [3.05, 3.63) is 52.4 Å². The highest BCUT2D eigenvalue weighted by molar-refractivity contribution is 6.42. The first-order chi connectivity index (χ1) is 11.0. The Labute approximate surface area is 141 Å². The number of nitrogens with zero attached hydrogens (tertiary/aromatic N) is 1. The number of ether oxygens (including phenoxy) is 1. The van der Waals surface area contributed by atoms with Gasteiger partial charge in [0.1, 0.15) is 0 Å². The summed E-state index contributed by atoms with van der Waals surface area (Å²) in [6.07, 6.45) is 1.57. The Hall–Kier alpha value is -2.24. The number of phenols is 1. The highest BCUT2D eigenvalue weighted by atomic mass is 35.5. The lowest BCUT2D eigenvalue weighted by atomic mass is 10.1. The topological polar surface area (TPSA) is 54.4 Å². The summed E-state index contributed by atoms with van der Waals surface area (Å²) in [4.78, 5) is 4.22. The average molecular weight is 353 g/mol. The van der Waals surface area contributed by atoms with Gasteiger partial charge in [-0.2, -0.15) is 0 Å². The number of phenolic OH excluding ortho intramolecular Hbond substituents is 1. The Balaban J connectivity index is 2.11. The molecule has 4 nitrogen and oxygen atoms in total. The molecule has 0 saturated heterocycles. The Morgan fingerprint density at radius 3 is 2.70 bits per heavy atom. The van der Waals surface area contributed by atoms with Gasteiger partial charge in [0.15, 0.2) is 17.3 Å². The Morgan fingerprint density at radius 1 is 1.17 bits per heavy atom. The highest BCUT2D eigenvalue weighted by Gasteiger charge is 2.13. The molecule has 0 aliphatic rings. The molecule has 0 unspecified atom stereocenters. The van der Waals surface area contributed by atoms with Crippen molar-refractivity contribution in [2.24, 2.45) is 0 Å². The third kappa shape index (κ3) is 2.85. The zero-order valence-corrected chi connectivity index (χ0v) is 13.4. The van der Waals surface area contributed by atoms with Crippen LogP contribution < -0.4 is 10.1 Å². The number of fused-ring (bicyclic) bond motifs is 1. The van der Waals surface area contributed by atoms with Crippen LogP contribution >= 0.6 is 23.2 Å². The number of anilines is 2. The molecule has 0 amide bonds. The number of pyridine rings is 1. The van der Waals surface area contributed by atoms with Crippen LogP contribution in [0.25, 0.3) is 10.9 Å². The largest absolute Gasteiger partial charge is 0.504 e. The van der Waals surface area contributed by atoms with E-state index in [2.05, 4.69) is 10.3 Å². The molecule has 0 bridgehead atoms. The quantitative estimate of drug-likeness (QED) is 0.641. The fourth-order valence-corrected chi connectivity index (χ4v) is 2.51. The molecule has 7 heteroatoms. The van der Waals surface area contributed by atoms with E-state index in [4.69, 9.17) is 27.9 Å². The van der Waals surface area contributed by atoms with E-state index in [0.717, 1.165) is 0 Å². The van der Waals surface area contributed by atoms with Gasteiger partial charge in [-0.25, -0.2) is 4.39 Å². The normalized spacial score (nSPS) is 10.8. The van der Waals surface area contributed by atoms with Gasteiger partial charge in [0.25, 0.3) is 0 Å². The summed E-state index contributed by atoms with van der Waals surface area (Å²) in [6, 6.07) is 7.74. The minimum Gasteiger partial charge on any atom is -0.504 e. The molecule has 3 aromatic rings.